The van der Waals surface area contributed by atoms with E-state index < -0.39 is 0 Å². The highest BCUT2D eigenvalue weighted by molar-refractivity contribution is 6.01. The first kappa shape index (κ1) is 22.2. The van der Waals surface area contributed by atoms with E-state index in [0.29, 0.717) is 13.1 Å². The molecule has 1 amide bonds. The quantitative estimate of drug-likeness (QED) is 0.506. The Morgan fingerprint density at radius 1 is 1.03 bits per heavy atom. The summed E-state index contributed by atoms with van der Waals surface area (Å²) < 4.78 is 5.21. The third kappa shape index (κ3) is 5.37. The van der Waals surface area contributed by atoms with Gasteiger partial charge in [0.25, 0.3) is 5.91 Å². The lowest BCUT2D eigenvalue weighted by Gasteiger charge is -2.36. The average molecular weight is 419 g/mol. The summed E-state index contributed by atoms with van der Waals surface area (Å²) >= 11 is 0. The van der Waals surface area contributed by atoms with Crippen molar-refractivity contribution in [2.24, 2.45) is 0 Å². The van der Waals surface area contributed by atoms with Crippen molar-refractivity contribution in [2.45, 2.75) is 13.8 Å². The first-order valence-electron chi connectivity index (χ1n) is 10.7. The normalized spacial score (nSPS) is 14.2. The number of hydrogen-bond acceptors (Lipinski definition) is 5. The number of carbonyl (C=O) groups is 1. The maximum absolute atomic E-state index is 12.9. The van der Waals surface area contributed by atoms with Crippen LogP contribution in [0.15, 0.2) is 54.1 Å². The summed E-state index contributed by atoms with van der Waals surface area (Å²) in [5.74, 6) is 0.621. The first-order chi connectivity index (χ1) is 15.1. The lowest BCUT2D eigenvalue weighted by atomic mass is 10.1. The molecule has 2 aromatic rings. The number of carbonyl (C=O) groups excluding carboxylic acids is 1. The molecule has 0 N–H and O–H groups in total. The number of rotatable bonds is 7. The minimum absolute atomic E-state index is 0.175. The van der Waals surface area contributed by atoms with E-state index in [1.54, 1.807) is 18.1 Å². The second-order valence-electron chi connectivity index (χ2n) is 7.41. The Morgan fingerprint density at radius 3 is 2.16 bits per heavy atom. The number of methoxy groups -OCH3 is 1. The highest BCUT2D eigenvalue weighted by atomic mass is 16.5. The van der Waals surface area contributed by atoms with Crippen LogP contribution in [0.1, 0.15) is 19.4 Å². The number of amides is 1. The van der Waals surface area contributed by atoms with Gasteiger partial charge < -0.3 is 19.4 Å². The zero-order valence-corrected chi connectivity index (χ0v) is 18.5. The summed E-state index contributed by atoms with van der Waals surface area (Å²) in [6.45, 7) is 8.77. The number of benzene rings is 2. The van der Waals surface area contributed by atoms with Crippen LogP contribution in [-0.4, -0.2) is 57.2 Å². The van der Waals surface area contributed by atoms with Crippen LogP contribution in [-0.2, 0) is 4.79 Å². The second-order valence-corrected chi connectivity index (χ2v) is 7.41. The Labute approximate surface area is 184 Å². The van der Waals surface area contributed by atoms with Gasteiger partial charge in [-0.3, -0.25) is 4.79 Å². The minimum Gasteiger partial charge on any atom is -0.497 e. The molecule has 1 aliphatic rings. The highest BCUT2D eigenvalue weighted by Crippen LogP contribution is 2.22. The molecule has 0 atom stereocenters. The third-order valence-corrected chi connectivity index (χ3v) is 5.69. The molecule has 1 fully saturated rings. The van der Waals surface area contributed by atoms with E-state index in [4.69, 9.17) is 4.74 Å². The molecule has 2 aromatic carbocycles. The molecular weight excluding hydrogens is 388 g/mol. The smallest absolute Gasteiger partial charge is 0.264 e. The number of nitrogens with zero attached hydrogens (tertiary/aromatic N) is 4. The molecule has 1 aliphatic heterocycles. The summed E-state index contributed by atoms with van der Waals surface area (Å²) in [5.41, 5.74) is 3.28. The van der Waals surface area contributed by atoms with Gasteiger partial charge in [0.2, 0.25) is 0 Å². The molecule has 1 heterocycles. The average Bonchev–Trinajstić information content (AvgIpc) is 2.84. The van der Waals surface area contributed by atoms with Gasteiger partial charge in [-0.05, 0) is 61.9 Å². The maximum atomic E-state index is 12.9. The summed E-state index contributed by atoms with van der Waals surface area (Å²) in [6.07, 6.45) is 1.68. The summed E-state index contributed by atoms with van der Waals surface area (Å²) in [7, 11) is 1.65. The van der Waals surface area contributed by atoms with E-state index in [0.717, 1.165) is 48.9 Å². The van der Waals surface area contributed by atoms with Gasteiger partial charge in [0.05, 0.1) is 7.11 Å². The van der Waals surface area contributed by atoms with E-state index in [1.807, 2.05) is 48.5 Å². The molecule has 1 saturated heterocycles. The van der Waals surface area contributed by atoms with Crippen LogP contribution in [0.4, 0.5) is 11.4 Å². The third-order valence-electron chi connectivity index (χ3n) is 5.69. The fraction of sp³-hybridized carbons (Fsp3) is 0.360. The van der Waals surface area contributed by atoms with E-state index in [2.05, 4.69) is 29.7 Å². The van der Waals surface area contributed by atoms with Crippen molar-refractivity contribution in [3.05, 3.63) is 59.7 Å². The molecule has 0 aliphatic carbocycles. The predicted molar refractivity (Wildman–Crippen MR) is 125 cm³/mol. The lowest BCUT2D eigenvalue weighted by molar-refractivity contribution is -0.126. The number of hydrogen-bond donors (Lipinski definition) is 0. The molecule has 6 nitrogen and oxygen atoms in total. The van der Waals surface area contributed by atoms with E-state index in [1.165, 1.54) is 0 Å². The first-order valence-corrected chi connectivity index (χ1v) is 10.7. The van der Waals surface area contributed by atoms with Gasteiger partial charge in [0.15, 0.2) is 0 Å². The number of ether oxygens (including phenoxy) is 1. The summed E-state index contributed by atoms with van der Waals surface area (Å²) in [5, 5.41) is 9.59. The molecule has 0 bridgehead atoms. The van der Waals surface area contributed by atoms with E-state index in [-0.39, 0.29) is 11.5 Å². The molecular formula is C25H30N4O2. The zero-order chi connectivity index (χ0) is 22.2. The molecule has 0 aromatic heterocycles. The molecule has 0 saturated carbocycles. The Hall–Kier alpha value is -3.46. The monoisotopic (exact) mass is 418 g/mol. The Kier molecular flexibility index (Phi) is 7.55. The largest absolute Gasteiger partial charge is 0.497 e. The van der Waals surface area contributed by atoms with Crippen LogP contribution in [0.2, 0.25) is 0 Å². The fourth-order valence-electron chi connectivity index (χ4n) is 3.81. The lowest BCUT2D eigenvalue weighted by Crippen LogP contribution is -2.49. The van der Waals surface area contributed by atoms with Gasteiger partial charge >= 0.3 is 0 Å². The molecule has 162 valence electrons. The summed E-state index contributed by atoms with van der Waals surface area (Å²) in [6, 6.07) is 18.0. The number of piperazine rings is 1. The maximum Gasteiger partial charge on any atom is 0.264 e. The van der Waals surface area contributed by atoms with Crippen molar-refractivity contribution in [1.82, 2.24) is 4.90 Å². The number of anilines is 2. The minimum atomic E-state index is -0.204. The molecule has 0 spiro atoms. The van der Waals surface area contributed by atoms with E-state index >= 15 is 0 Å². The Bertz CT molecular complexity index is 933. The van der Waals surface area contributed by atoms with Gasteiger partial charge in [-0.2, -0.15) is 5.26 Å². The SMILES string of the molecule is CCN(CC)c1ccc(/C=C(\C#N)C(=O)N2CCN(c3ccc(OC)cc3)CC2)cc1. The Balaban J connectivity index is 1.63. The van der Waals surface area contributed by atoms with Gasteiger partial charge in [0, 0.05) is 50.6 Å². The Morgan fingerprint density at radius 2 is 1.65 bits per heavy atom. The standard InChI is InChI=1S/C25H30N4O2/c1-4-27(5-2)22-8-6-20(7-9-22)18-21(19-26)25(30)29-16-14-28(15-17-29)23-10-12-24(31-3)13-11-23/h6-13,18H,4-5,14-17H2,1-3H3/b21-18+. The predicted octanol–water partition coefficient (Wildman–Crippen LogP) is 3.80. The van der Waals surface area contributed by atoms with Crippen molar-refractivity contribution in [3.63, 3.8) is 0 Å². The van der Waals surface area contributed by atoms with Gasteiger partial charge in [-0.25, -0.2) is 0 Å². The highest BCUT2D eigenvalue weighted by Gasteiger charge is 2.24. The van der Waals surface area contributed by atoms with Gasteiger partial charge in [-0.1, -0.05) is 12.1 Å². The molecule has 0 unspecified atom stereocenters. The molecule has 6 heteroatoms. The zero-order valence-electron chi connectivity index (χ0n) is 18.5. The van der Waals surface area contributed by atoms with Crippen LogP contribution < -0.4 is 14.5 Å². The van der Waals surface area contributed by atoms with Crippen molar-refractivity contribution < 1.29 is 9.53 Å². The molecule has 0 radical (unpaired) electrons. The van der Waals surface area contributed by atoms with Crippen molar-refractivity contribution in [2.75, 3.05) is 56.2 Å². The van der Waals surface area contributed by atoms with Crippen LogP contribution >= 0.6 is 0 Å². The second kappa shape index (κ2) is 10.5. The van der Waals surface area contributed by atoms with Gasteiger partial charge in [0.1, 0.15) is 17.4 Å². The van der Waals surface area contributed by atoms with E-state index in [9.17, 15) is 10.1 Å². The molecule has 3 rings (SSSR count). The number of nitriles is 1. The molecule has 31 heavy (non-hydrogen) atoms. The van der Waals surface area contributed by atoms with Crippen LogP contribution in [0.5, 0.6) is 5.75 Å². The van der Waals surface area contributed by atoms with Crippen molar-refractivity contribution >= 4 is 23.4 Å². The van der Waals surface area contributed by atoms with Crippen LogP contribution in [0.3, 0.4) is 0 Å². The van der Waals surface area contributed by atoms with Crippen LogP contribution in [0.25, 0.3) is 6.08 Å². The van der Waals surface area contributed by atoms with Crippen molar-refractivity contribution in [1.29, 1.82) is 5.26 Å². The summed E-state index contributed by atoms with van der Waals surface area (Å²) in [4.78, 5) is 19.2. The van der Waals surface area contributed by atoms with Gasteiger partial charge in [-0.15, -0.1) is 0 Å². The fourth-order valence-corrected chi connectivity index (χ4v) is 3.81. The van der Waals surface area contributed by atoms with Crippen molar-refractivity contribution in [3.8, 4) is 11.8 Å². The topological polar surface area (TPSA) is 59.8 Å². The van der Waals surface area contributed by atoms with Crippen LogP contribution in [0, 0.1) is 11.3 Å².